The summed E-state index contributed by atoms with van der Waals surface area (Å²) in [4.78, 5) is 12.7. The molecule has 0 saturated heterocycles. The van der Waals surface area contributed by atoms with Crippen LogP contribution in [0.3, 0.4) is 0 Å². The maximum Gasteiger partial charge on any atom is 0.276 e. The summed E-state index contributed by atoms with van der Waals surface area (Å²) in [5, 5.41) is 7.29. The molecule has 6 heteroatoms. The van der Waals surface area contributed by atoms with Crippen LogP contribution < -0.4 is 14.8 Å². The summed E-state index contributed by atoms with van der Waals surface area (Å²) in [6.07, 6.45) is 2.54. The fraction of sp³-hybridized carbons (Fsp3) is 0.120. The van der Waals surface area contributed by atoms with Crippen molar-refractivity contribution >= 4 is 11.6 Å². The number of benzene rings is 3. The maximum atomic E-state index is 12.7. The van der Waals surface area contributed by atoms with Crippen LogP contribution in [0.4, 0.5) is 5.69 Å². The van der Waals surface area contributed by atoms with Crippen molar-refractivity contribution in [2.75, 3.05) is 19.0 Å². The number of para-hydroxylation sites is 2. The van der Waals surface area contributed by atoms with Crippen molar-refractivity contribution < 1.29 is 14.3 Å². The highest BCUT2D eigenvalue weighted by molar-refractivity contribution is 6.03. The Bertz CT molecular complexity index is 1140. The topological polar surface area (TPSA) is 65.4 Å². The van der Waals surface area contributed by atoms with Crippen molar-refractivity contribution in [3.05, 3.63) is 102 Å². The Morgan fingerprint density at radius 1 is 0.935 bits per heavy atom. The summed E-state index contributed by atoms with van der Waals surface area (Å²) in [7, 11) is 1.62. The minimum atomic E-state index is -0.300. The van der Waals surface area contributed by atoms with Gasteiger partial charge in [-0.3, -0.25) is 4.79 Å². The van der Waals surface area contributed by atoms with Gasteiger partial charge in [-0.15, -0.1) is 0 Å². The Morgan fingerprint density at radius 3 is 2.45 bits per heavy atom. The van der Waals surface area contributed by atoms with Crippen LogP contribution in [-0.2, 0) is 6.42 Å². The first-order chi connectivity index (χ1) is 15.2. The predicted molar refractivity (Wildman–Crippen MR) is 120 cm³/mol. The van der Waals surface area contributed by atoms with Gasteiger partial charge in [-0.25, -0.2) is 4.68 Å². The Labute approximate surface area is 181 Å². The van der Waals surface area contributed by atoms with Gasteiger partial charge in [0.15, 0.2) is 5.69 Å². The van der Waals surface area contributed by atoms with E-state index in [1.54, 1.807) is 24.1 Å². The lowest BCUT2D eigenvalue weighted by molar-refractivity contribution is 0.102. The molecule has 0 aliphatic carbocycles. The molecule has 0 fully saturated rings. The van der Waals surface area contributed by atoms with Crippen LogP contribution in [0.2, 0.25) is 0 Å². The molecule has 4 rings (SSSR count). The van der Waals surface area contributed by atoms with E-state index in [-0.39, 0.29) is 5.91 Å². The molecule has 1 N–H and O–H groups in total. The first kappa shape index (κ1) is 20.2. The van der Waals surface area contributed by atoms with Crippen LogP contribution in [0.1, 0.15) is 16.1 Å². The van der Waals surface area contributed by atoms with Crippen molar-refractivity contribution in [1.82, 2.24) is 9.78 Å². The number of carbonyl (C=O) groups excluding carboxylic acids is 1. The van der Waals surface area contributed by atoms with Crippen LogP contribution in [0.5, 0.6) is 11.5 Å². The molecule has 3 aromatic carbocycles. The third kappa shape index (κ3) is 5.11. The summed E-state index contributed by atoms with van der Waals surface area (Å²) in [5.41, 5.74) is 2.96. The number of hydrogen-bond donors (Lipinski definition) is 1. The van der Waals surface area contributed by atoms with E-state index in [0.29, 0.717) is 23.7 Å². The highest BCUT2D eigenvalue weighted by Crippen LogP contribution is 2.24. The number of aromatic nitrogens is 2. The van der Waals surface area contributed by atoms with Crippen molar-refractivity contribution in [2.45, 2.75) is 6.42 Å². The molecule has 4 aromatic rings. The lowest BCUT2D eigenvalue weighted by atomic mass is 10.2. The molecule has 0 spiro atoms. The molecule has 156 valence electrons. The normalized spacial score (nSPS) is 10.5. The van der Waals surface area contributed by atoms with Gasteiger partial charge in [-0.05, 0) is 48.0 Å². The number of anilines is 1. The molecular formula is C25H23N3O3. The Morgan fingerprint density at radius 2 is 1.68 bits per heavy atom. The first-order valence-electron chi connectivity index (χ1n) is 10.00. The molecule has 1 heterocycles. The van der Waals surface area contributed by atoms with E-state index in [1.165, 1.54) is 5.56 Å². The Hall–Kier alpha value is -4.06. The molecule has 0 radical (unpaired) electrons. The van der Waals surface area contributed by atoms with Gasteiger partial charge in [0, 0.05) is 12.6 Å². The number of nitrogens with zero attached hydrogens (tertiary/aromatic N) is 2. The number of rotatable bonds is 8. The number of nitrogens with one attached hydrogen (secondary N) is 1. The summed E-state index contributed by atoms with van der Waals surface area (Å²) in [6, 6.07) is 26.7. The van der Waals surface area contributed by atoms with Crippen LogP contribution in [0, 0.1) is 0 Å². The summed E-state index contributed by atoms with van der Waals surface area (Å²) >= 11 is 0. The molecule has 31 heavy (non-hydrogen) atoms. The summed E-state index contributed by atoms with van der Waals surface area (Å²) in [6.45, 7) is 0.517. The smallest absolute Gasteiger partial charge is 0.276 e. The van der Waals surface area contributed by atoms with E-state index in [9.17, 15) is 4.79 Å². The second-order valence-corrected chi connectivity index (χ2v) is 6.88. The third-order valence-corrected chi connectivity index (χ3v) is 4.79. The number of hydrogen-bond acceptors (Lipinski definition) is 4. The second-order valence-electron chi connectivity index (χ2n) is 6.88. The molecule has 6 nitrogen and oxygen atoms in total. The average molecular weight is 413 g/mol. The lowest BCUT2D eigenvalue weighted by Crippen LogP contribution is -2.14. The highest BCUT2D eigenvalue weighted by Gasteiger charge is 2.13. The molecule has 0 bridgehead atoms. The summed E-state index contributed by atoms with van der Waals surface area (Å²) in [5.74, 6) is 1.09. The first-order valence-corrected chi connectivity index (χ1v) is 10.00. The van der Waals surface area contributed by atoms with E-state index in [2.05, 4.69) is 22.5 Å². The quantitative estimate of drug-likeness (QED) is 0.453. The fourth-order valence-electron chi connectivity index (χ4n) is 3.13. The standard InChI is InChI=1S/C25H23N3O3/c1-30-21-13-11-20(12-14-21)28-17-15-23(27-28)25(29)26-22-9-5-6-10-24(22)31-18-16-19-7-3-2-4-8-19/h2-15,17H,16,18H2,1H3,(H,26,29). The highest BCUT2D eigenvalue weighted by atomic mass is 16.5. The minimum Gasteiger partial charge on any atom is -0.497 e. The van der Waals surface area contributed by atoms with Crippen molar-refractivity contribution in [1.29, 1.82) is 0 Å². The predicted octanol–water partition coefficient (Wildman–Crippen LogP) is 4.75. The molecular weight excluding hydrogens is 390 g/mol. The largest absolute Gasteiger partial charge is 0.497 e. The molecule has 0 saturated carbocycles. The monoisotopic (exact) mass is 413 g/mol. The molecule has 0 atom stereocenters. The van der Waals surface area contributed by atoms with Gasteiger partial charge >= 0.3 is 0 Å². The zero-order valence-corrected chi connectivity index (χ0v) is 17.2. The Balaban J connectivity index is 1.41. The molecule has 0 aliphatic heterocycles. The molecule has 0 unspecified atom stereocenters. The van der Waals surface area contributed by atoms with Crippen LogP contribution in [0.15, 0.2) is 91.1 Å². The zero-order chi connectivity index (χ0) is 21.5. The van der Waals surface area contributed by atoms with E-state index >= 15 is 0 Å². The number of methoxy groups -OCH3 is 1. The maximum absolute atomic E-state index is 12.7. The minimum absolute atomic E-state index is 0.300. The SMILES string of the molecule is COc1ccc(-n2ccc(C(=O)Nc3ccccc3OCCc3ccccc3)n2)cc1. The molecule has 1 aromatic heterocycles. The van der Waals surface area contributed by atoms with E-state index in [0.717, 1.165) is 17.9 Å². The second kappa shape index (κ2) is 9.63. The molecule has 1 amide bonds. The van der Waals surface area contributed by atoms with Gasteiger partial charge in [0.1, 0.15) is 11.5 Å². The van der Waals surface area contributed by atoms with E-state index in [1.807, 2.05) is 66.7 Å². The van der Waals surface area contributed by atoms with Crippen LogP contribution >= 0.6 is 0 Å². The van der Waals surface area contributed by atoms with E-state index < -0.39 is 0 Å². The van der Waals surface area contributed by atoms with Gasteiger partial charge in [0.25, 0.3) is 5.91 Å². The van der Waals surface area contributed by atoms with Gasteiger partial charge in [-0.1, -0.05) is 42.5 Å². The number of carbonyl (C=O) groups is 1. The number of ether oxygens (including phenoxy) is 2. The molecule has 0 aliphatic rings. The number of amides is 1. The van der Waals surface area contributed by atoms with Gasteiger partial charge in [0.2, 0.25) is 0 Å². The Kier molecular flexibility index (Phi) is 6.28. The van der Waals surface area contributed by atoms with Crippen LogP contribution in [0.25, 0.3) is 5.69 Å². The van der Waals surface area contributed by atoms with Crippen LogP contribution in [-0.4, -0.2) is 29.4 Å². The van der Waals surface area contributed by atoms with Gasteiger partial charge < -0.3 is 14.8 Å². The van der Waals surface area contributed by atoms with Crippen molar-refractivity contribution in [2.24, 2.45) is 0 Å². The third-order valence-electron chi connectivity index (χ3n) is 4.79. The van der Waals surface area contributed by atoms with Gasteiger partial charge in [0.05, 0.1) is 25.1 Å². The van der Waals surface area contributed by atoms with E-state index in [4.69, 9.17) is 9.47 Å². The van der Waals surface area contributed by atoms with Crippen molar-refractivity contribution in [3.63, 3.8) is 0 Å². The lowest BCUT2D eigenvalue weighted by Gasteiger charge is -2.12. The average Bonchev–Trinajstić information content (AvgIpc) is 3.31. The zero-order valence-electron chi connectivity index (χ0n) is 17.2. The summed E-state index contributed by atoms with van der Waals surface area (Å²) < 4.78 is 12.7. The van der Waals surface area contributed by atoms with Gasteiger partial charge in [-0.2, -0.15) is 5.10 Å². The fourth-order valence-corrected chi connectivity index (χ4v) is 3.13. The van der Waals surface area contributed by atoms with Crippen molar-refractivity contribution in [3.8, 4) is 17.2 Å².